The third-order valence-electron chi connectivity index (χ3n) is 2.29. The van der Waals surface area contributed by atoms with Crippen molar-refractivity contribution < 1.29 is 40.1 Å². The van der Waals surface area contributed by atoms with Crippen molar-refractivity contribution in [2.24, 2.45) is 0 Å². The highest BCUT2D eigenvalue weighted by molar-refractivity contribution is 7.87. The van der Waals surface area contributed by atoms with Crippen LogP contribution in [-0.4, -0.2) is 55.4 Å². The van der Waals surface area contributed by atoms with Crippen molar-refractivity contribution in [1.82, 2.24) is 4.90 Å². The molecular weight excluding hydrogens is 286 g/mol. The summed E-state index contributed by atoms with van der Waals surface area (Å²) in [5, 5.41) is 8.52. The normalized spacial score (nSPS) is 26.1. The van der Waals surface area contributed by atoms with E-state index in [4.69, 9.17) is 5.11 Å². The highest BCUT2D eigenvalue weighted by atomic mass is 32.2. The maximum absolute atomic E-state index is 13.3. The number of nitrogens with zero attached hydrogens (tertiary/aromatic N) is 1. The molecule has 1 heterocycles. The summed E-state index contributed by atoms with van der Waals surface area (Å²) in [6, 6.07) is 0. The Balaban J connectivity index is 2.69. The fourth-order valence-electron chi connectivity index (χ4n) is 1.38. The second-order valence-corrected chi connectivity index (χ2v) is 5.13. The highest BCUT2D eigenvalue weighted by Crippen LogP contribution is 2.29. The van der Waals surface area contributed by atoms with Crippen LogP contribution < -0.4 is 0 Å². The number of halogens is 4. The molecule has 1 fully saturated rings. The number of alkyl halides is 4. The fraction of sp³-hybridized carbons (Fsp3) is 0.857. The molecule has 1 aliphatic rings. The van der Waals surface area contributed by atoms with E-state index in [1.165, 1.54) is 0 Å². The smallest absolute Gasteiger partial charge is 0.465 e. The fourth-order valence-corrected chi connectivity index (χ4v) is 2.03. The highest BCUT2D eigenvalue weighted by Gasteiger charge is 2.50. The van der Waals surface area contributed by atoms with Crippen LogP contribution in [0.1, 0.15) is 6.42 Å². The maximum atomic E-state index is 13.3. The molecular formula is C7H9F4NO5S. The van der Waals surface area contributed by atoms with E-state index in [2.05, 4.69) is 4.18 Å². The molecule has 1 aliphatic heterocycles. The van der Waals surface area contributed by atoms with Crippen LogP contribution in [0.3, 0.4) is 0 Å². The predicted molar refractivity (Wildman–Crippen MR) is 49.0 cm³/mol. The molecule has 0 aromatic rings. The van der Waals surface area contributed by atoms with E-state index >= 15 is 0 Å². The van der Waals surface area contributed by atoms with E-state index in [0.29, 0.717) is 4.90 Å². The molecule has 2 atom stereocenters. The van der Waals surface area contributed by atoms with Crippen molar-refractivity contribution in [2.75, 3.05) is 13.1 Å². The zero-order valence-electron chi connectivity index (χ0n) is 8.72. The van der Waals surface area contributed by atoms with E-state index in [1.54, 1.807) is 0 Å². The summed E-state index contributed by atoms with van der Waals surface area (Å²) in [5.74, 6) is 0. The molecule has 1 amide bonds. The van der Waals surface area contributed by atoms with Gasteiger partial charge in [0.15, 0.2) is 0 Å². The number of carbonyl (C=O) groups is 1. The van der Waals surface area contributed by atoms with Crippen LogP contribution in [0.5, 0.6) is 0 Å². The van der Waals surface area contributed by atoms with Crippen LogP contribution in [0.25, 0.3) is 0 Å². The van der Waals surface area contributed by atoms with E-state index < -0.39 is 47.0 Å². The van der Waals surface area contributed by atoms with Crippen LogP contribution in [0.2, 0.25) is 0 Å². The van der Waals surface area contributed by atoms with E-state index in [9.17, 15) is 30.8 Å². The lowest BCUT2D eigenvalue weighted by Gasteiger charge is -2.32. The molecule has 0 aliphatic carbocycles. The second-order valence-electron chi connectivity index (χ2n) is 3.57. The van der Waals surface area contributed by atoms with E-state index in [1.807, 2.05) is 0 Å². The molecule has 18 heavy (non-hydrogen) atoms. The molecule has 0 unspecified atom stereocenters. The first-order valence-corrected chi connectivity index (χ1v) is 6.07. The topological polar surface area (TPSA) is 83.9 Å². The molecule has 0 saturated carbocycles. The number of amides is 1. The minimum Gasteiger partial charge on any atom is -0.465 e. The average molecular weight is 295 g/mol. The second kappa shape index (κ2) is 4.88. The molecule has 0 aromatic heterocycles. The van der Waals surface area contributed by atoms with Crippen molar-refractivity contribution in [3.63, 3.8) is 0 Å². The minimum absolute atomic E-state index is 0.298. The summed E-state index contributed by atoms with van der Waals surface area (Å²) in [6.45, 7) is -1.03. The van der Waals surface area contributed by atoms with Gasteiger partial charge >= 0.3 is 21.7 Å². The summed E-state index contributed by atoms with van der Waals surface area (Å²) < 4.78 is 74.3. The predicted octanol–water partition coefficient (Wildman–Crippen LogP) is 0.943. The lowest BCUT2D eigenvalue weighted by atomic mass is 10.1. The number of hydrogen-bond acceptors (Lipinski definition) is 4. The van der Waals surface area contributed by atoms with Crippen LogP contribution in [-0.2, 0) is 14.3 Å². The van der Waals surface area contributed by atoms with Crippen molar-refractivity contribution in [1.29, 1.82) is 0 Å². The first-order chi connectivity index (χ1) is 8.04. The van der Waals surface area contributed by atoms with Crippen LogP contribution in [0.15, 0.2) is 0 Å². The molecule has 0 radical (unpaired) electrons. The Kier molecular flexibility index (Phi) is 4.05. The van der Waals surface area contributed by atoms with Gasteiger partial charge in [-0.1, -0.05) is 0 Å². The summed E-state index contributed by atoms with van der Waals surface area (Å²) in [5.41, 5.74) is -5.63. The Hall–Kier alpha value is -1.10. The molecule has 6 nitrogen and oxygen atoms in total. The zero-order chi connectivity index (χ0) is 14.1. The molecule has 0 spiro atoms. The van der Waals surface area contributed by atoms with E-state index in [-0.39, 0.29) is 6.54 Å². The van der Waals surface area contributed by atoms with Crippen molar-refractivity contribution in [3.8, 4) is 0 Å². The average Bonchev–Trinajstić information content (AvgIpc) is 2.18. The van der Waals surface area contributed by atoms with Gasteiger partial charge in [0.05, 0.1) is 6.54 Å². The van der Waals surface area contributed by atoms with Gasteiger partial charge in [0.1, 0.15) is 12.3 Å². The monoisotopic (exact) mass is 295 g/mol. The largest absolute Gasteiger partial charge is 0.523 e. The van der Waals surface area contributed by atoms with Crippen molar-refractivity contribution in [2.45, 2.75) is 24.2 Å². The quantitative estimate of drug-likeness (QED) is 0.466. The van der Waals surface area contributed by atoms with Gasteiger partial charge in [0, 0.05) is 6.54 Å². The third kappa shape index (κ3) is 3.22. The molecule has 106 valence electrons. The number of hydrogen-bond donors (Lipinski definition) is 1. The SMILES string of the molecule is O=C(O)N1CC[C@@H](OS(=O)(=O)C(F)(F)F)[C@@H](F)C1. The molecule has 1 rings (SSSR count). The molecule has 11 heteroatoms. The van der Waals surface area contributed by atoms with Gasteiger partial charge in [-0.2, -0.15) is 21.6 Å². The first-order valence-electron chi connectivity index (χ1n) is 4.66. The molecule has 0 aromatic carbocycles. The summed E-state index contributed by atoms with van der Waals surface area (Å²) in [6.07, 6.45) is -5.86. The summed E-state index contributed by atoms with van der Waals surface area (Å²) in [7, 11) is -5.87. The van der Waals surface area contributed by atoms with Gasteiger partial charge in [-0.25, -0.2) is 9.18 Å². The molecule has 1 saturated heterocycles. The summed E-state index contributed by atoms with van der Waals surface area (Å²) in [4.78, 5) is 11.1. The molecule has 0 bridgehead atoms. The van der Waals surface area contributed by atoms with Crippen molar-refractivity contribution in [3.05, 3.63) is 0 Å². The van der Waals surface area contributed by atoms with Gasteiger partial charge in [-0.15, -0.1) is 0 Å². The Morgan fingerprint density at radius 2 is 1.94 bits per heavy atom. The van der Waals surface area contributed by atoms with Crippen molar-refractivity contribution >= 4 is 16.2 Å². The van der Waals surface area contributed by atoms with Gasteiger partial charge in [0.2, 0.25) is 0 Å². The third-order valence-corrected chi connectivity index (χ3v) is 3.35. The molecule has 1 N–H and O–H groups in total. The van der Waals surface area contributed by atoms with E-state index in [0.717, 1.165) is 0 Å². The standard InChI is InChI=1S/C7H9F4NO5S/c8-4-3-12(6(13)14)2-1-5(4)17-18(15,16)7(9,10)11/h4-5H,1-3H2,(H,13,14)/t4-,5+/m0/s1. The number of piperidine rings is 1. The number of likely N-dealkylation sites (tertiary alicyclic amines) is 1. The Bertz CT molecular complexity index is 422. The minimum atomic E-state index is -5.87. The maximum Gasteiger partial charge on any atom is 0.523 e. The zero-order valence-corrected chi connectivity index (χ0v) is 9.54. The van der Waals surface area contributed by atoms with Gasteiger partial charge < -0.3 is 10.0 Å². The lowest BCUT2D eigenvalue weighted by Crippen LogP contribution is -2.49. The Labute approximate surface area is 99.2 Å². The van der Waals surface area contributed by atoms with Gasteiger partial charge in [0.25, 0.3) is 0 Å². The lowest BCUT2D eigenvalue weighted by molar-refractivity contribution is -0.0641. The Morgan fingerprint density at radius 3 is 2.33 bits per heavy atom. The Morgan fingerprint density at radius 1 is 1.39 bits per heavy atom. The summed E-state index contributed by atoms with van der Waals surface area (Å²) >= 11 is 0. The van der Waals surface area contributed by atoms with Gasteiger partial charge in [-0.3, -0.25) is 4.18 Å². The van der Waals surface area contributed by atoms with Crippen LogP contribution >= 0.6 is 0 Å². The number of rotatable bonds is 2. The van der Waals surface area contributed by atoms with Crippen LogP contribution in [0.4, 0.5) is 22.4 Å². The van der Waals surface area contributed by atoms with Gasteiger partial charge in [-0.05, 0) is 6.42 Å². The number of carboxylic acid groups (broad SMARTS) is 1. The first kappa shape index (κ1) is 15.0. The van der Waals surface area contributed by atoms with Crippen LogP contribution in [0, 0.1) is 0 Å².